The number of ether oxygens (including phenoxy) is 1. The Bertz CT molecular complexity index is 293. The topological polar surface area (TPSA) is 38.3 Å². The highest BCUT2D eigenvalue weighted by Crippen LogP contribution is 1.98. The number of hydrogen-bond donors (Lipinski definition) is 1. The van der Waals surface area contributed by atoms with Crippen LogP contribution >= 0.6 is 0 Å². The van der Waals surface area contributed by atoms with Gasteiger partial charge >= 0.3 is 6.09 Å². The number of carbonyl (C=O) groups excluding carboxylic acids is 1. The van der Waals surface area contributed by atoms with Crippen LogP contribution in [-0.2, 0) is 4.74 Å². The van der Waals surface area contributed by atoms with Gasteiger partial charge in [-0.2, -0.15) is 0 Å². The van der Waals surface area contributed by atoms with Crippen molar-refractivity contribution in [3.8, 4) is 0 Å². The van der Waals surface area contributed by atoms with E-state index in [0.717, 1.165) is 5.56 Å². The zero-order valence-electron chi connectivity index (χ0n) is 7.28. The van der Waals surface area contributed by atoms with E-state index in [1.807, 2.05) is 12.1 Å². The molecule has 13 heavy (non-hydrogen) atoms. The summed E-state index contributed by atoms with van der Waals surface area (Å²) in [5, 5.41) is 2.43. The second-order valence-corrected chi connectivity index (χ2v) is 2.30. The number of amides is 1. The molecule has 1 radical (unpaired) electrons. The van der Waals surface area contributed by atoms with Crippen LogP contribution in [0, 0.1) is 6.07 Å². The van der Waals surface area contributed by atoms with Gasteiger partial charge in [0.25, 0.3) is 0 Å². The zero-order valence-corrected chi connectivity index (χ0v) is 7.28. The largest absolute Gasteiger partial charge is 0.453 e. The maximum Gasteiger partial charge on any atom is 0.410 e. The summed E-state index contributed by atoms with van der Waals surface area (Å²) in [6, 6.07) is 10.3. The first-order valence-corrected chi connectivity index (χ1v) is 3.80. The Morgan fingerprint density at radius 2 is 2.23 bits per heavy atom. The molecule has 0 aliphatic carbocycles. The molecular weight excluding hydrogens is 166 g/mol. The number of alkyl carbamates (subject to hydrolysis) is 1. The SMILES string of the molecule is COC(=O)N/C=C/c1cc[c]cc1. The molecule has 0 heterocycles. The third-order valence-corrected chi connectivity index (χ3v) is 1.41. The van der Waals surface area contributed by atoms with Crippen LogP contribution in [0.5, 0.6) is 0 Å². The molecule has 0 aliphatic rings. The van der Waals surface area contributed by atoms with Gasteiger partial charge in [-0.15, -0.1) is 0 Å². The highest BCUT2D eigenvalue weighted by molar-refractivity contribution is 5.69. The molecule has 3 heteroatoms. The smallest absolute Gasteiger partial charge is 0.410 e. The molecule has 1 aromatic carbocycles. The van der Waals surface area contributed by atoms with E-state index in [1.165, 1.54) is 13.3 Å². The van der Waals surface area contributed by atoms with E-state index in [4.69, 9.17) is 0 Å². The van der Waals surface area contributed by atoms with Gasteiger partial charge in [0.2, 0.25) is 0 Å². The molecule has 67 valence electrons. The van der Waals surface area contributed by atoms with Gasteiger partial charge in [0.05, 0.1) is 7.11 Å². The van der Waals surface area contributed by atoms with Crippen molar-refractivity contribution in [3.05, 3.63) is 42.1 Å². The van der Waals surface area contributed by atoms with Crippen LogP contribution in [0.2, 0.25) is 0 Å². The lowest BCUT2D eigenvalue weighted by Crippen LogP contribution is -2.15. The zero-order chi connectivity index (χ0) is 9.52. The predicted molar refractivity (Wildman–Crippen MR) is 49.9 cm³/mol. The van der Waals surface area contributed by atoms with Crippen molar-refractivity contribution in [2.45, 2.75) is 0 Å². The Hall–Kier alpha value is -1.77. The molecule has 0 saturated carbocycles. The molecule has 0 unspecified atom stereocenters. The molecule has 0 aliphatic heterocycles. The molecule has 0 saturated heterocycles. The summed E-state index contributed by atoms with van der Waals surface area (Å²) in [5.41, 5.74) is 0.996. The quantitative estimate of drug-likeness (QED) is 0.746. The van der Waals surface area contributed by atoms with Crippen LogP contribution in [-0.4, -0.2) is 13.2 Å². The Labute approximate surface area is 77.0 Å². The minimum absolute atomic E-state index is 0.473. The summed E-state index contributed by atoms with van der Waals surface area (Å²) >= 11 is 0. The minimum Gasteiger partial charge on any atom is -0.453 e. The summed E-state index contributed by atoms with van der Waals surface area (Å²) in [4.78, 5) is 10.6. The summed E-state index contributed by atoms with van der Waals surface area (Å²) in [6.07, 6.45) is 2.82. The van der Waals surface area contributed by atoms with E-state index < -0.39 is 6.09 Å². The molecule has 1 rings (SSSR count). The number of methoxy groups -OCH3 is 1. The van der Waals surface area contributed by atoms with E-state index in [-0.39, 0.29) is 0 Å². The normalized spacial score (nSPS) is 9.92. The first kappa shape index (κ1) is 9.32. The molecule has 1 amide bonds. The number of benzene rings is 1. The van der Waals surface area contributed by atoms with Crippen LogP contribution in [0.15, 0.2) is 30.5 Å². The molecular formula is C10H10NO2. The van der Waals surface area contributed by atoms with Crippen molar-refractivity contribution in [2.75, 3.05) is 7.11 Å². The van der Waals surface area contributed by atoms with Gasteiger partial charge in [-0.25, -0.2) is 4.79 Å². The van der Waals surface area contributed by atoms with Crippen LogP contribution < -0.4 is 5.32 Å². The highest BCUT2D eigenvalue weighted by Gasteiger charge is 1.90. The monoisotopic (exact) mass is 176 g/mol. The number of rotatable bonds is 2. The first-order chi connectivity index (χ1) is 6.33. The summed E-state index contributed by atoms with van der Waals surface area (Å²) in [5.74, 6) is 0. The third-order valence-electron chi connectivity index (χ3n) is 1.41. The molecule has 0 spiro atoms. The molecule has 1 aromatic rings. The van der Waals surface area contributed by atoms with Gasteiger partial charge in [-0.05, 0) is 17.7 Å². The Kier molecular flexibility index (Phi) is 3.57. The van der Waals surface area contributed by atoms with E-state index in [0.29, 0.717) is 0 Å². The van der Waals surface area contributed by atoms with E-state index in [2.05, 4.69) is 16.1 Å². The lowest BCUT2D eigenvalue weighted by molar-refractivity contribution is 0.175. The predicted octanol–water partition coefficient (Wildman–Crippen LogP) is 1.81. The first-order valence-electron chi connectivity index (χ1n) is 3.80. The average molecular weight is 176 g/mol. The van der Waals surface area contributed by atoms with Crippen molar-refractivity contribution in [2.24, 2.45) is 0 Å². The minimum atomic E-state index is -0.473. The Morgan fingerprint density at radius 3 is 2.85 bits per heavy atom. The molecule has 1 N–H and O–H groups in total. The van der Waals surface area contributed by atoms with E-state index in [1.54, 1.807) is 18.2 Å². The average Bonchev–Trinajstić information content (AvgIpc) is 2.19. The van der Waals surface area contributed by atoms with Gasteiger partial charge in [-0.1, -0.05) is 24.3 Å². The van der Waals surface area contributed by atoms with Crippen molar-refractivity contribution in [1.29, 1.82) is 0 Å². The highest BCUT2D eigenvalue weighted by atomic mass is 16.5. The fourth-order valence-electron chi connectivity index (χ4n) is 0.776. The van der Waals surface area contributed by atoms with Gasteiger partial charge in [-0.3, -0.25) is 5.32 Å². The van der Waals surface area contributed by atoms with Gasteiger partial charge in [0.15, 0.2) is 0 Å². The van der Waals surface area contributed by atoms with Crippen LogP contribution in [0.4, 0.5) is 4.79 Å². The fraction of sp³-hybridized carbons (Fsp3) is 0.100. The third kappa shape index (κ3) is 3.42. The van der Waals surface area contributed by atoms with Gasteiger partial charge in [0.1, 0.15) is 0 Å². The second-order valence-electron chi connectivity index (χ2n) is 2.30. The second kappa shape index (κ2) is 4.98. The van der Waals surface area contributed by atoms with Gasteiger partial charge in [0, 0.05) is 6.20 Å². The molecule has 0 aromatic heterocycles. The van der Waals surface area contributed by atoms with Crippen molar-refractivity contribution in [3.63, 3.8) is 0 Å². The summed E-state index contributed by atoms with van der Waals surface area (Å²) in [6.45, 7) is 0. The molecule has 0 atom stereocenters. The van der Waals surface area contributed by atoms with E-state index in [9.17, 15) is 4.79 Å². The van der Waals surface area contributed by atoms with E-state index >= 15 is 0 Å². The van der Waals surface area contributed by atoms with Crippen molar-refractivity contribution >= 4 is 12.2 Å². The Morgan fingerprint density at radius 1 is 1.54 bits per heavy atom. The lowest BCUT2D eigenvalue weighted by atomic mass is 10.2. The molecule has 0 fully saturated rings. The summed E-state index contributed by atoms with van der Waals surface area (Å²) < 4.78 is 4.38. The maximum atomic E-state index is 10.6. The number of nitrogens with one attached hydrogen (secondary N) is 1. The lowest BCUT2D eigenvalue weighted by Gasteiger charge is -1.95. The van der Waals surface area contributed by atoms with Crippen LogP contribution in [0.1, 0.15) is 5.56 Å². The molecule has 3 nitrogen and oxygen atoms in total. The van der Waals surface area contributed by atoms with Crippen LogP contribution in [0.25, 0.3) is 6.08 Å². The fourth-order valence-corrected chi connectivity index (χ4v) is 0.776. The van der Waals surface area contributed by atoms with Crippen molar-refractivity contribution < 1.29 is 9.53 Å². The summed E-state index contributed by atoms with van der Waals surface area (Å²) in [7, 11) is 1.32. The van der Waals surface area contributed by atoms with Crippen molar-refractivity contribution in [1.82, 2.24) is 5.32 Å². The maximum absolute atomic E-state index is 10.6. The van der Waals surface area contributed by atoms with Gasteiger partial charge < -0.3 is 4.74 Å². The van der Waals surface area contributed by atoms with Crippen LogP contribution in [0.3, 0.4) is 0 Å². The standard InChI is InChI=1S/C10H10NO2/c1-13-10(12)11-8-7-9-5-3-2-4-6-9/h3-8H,1H3,(H,11,12)/b8-7+. The number of carbonyl (C=O) groups is 1. The number of hydrogen-bond acceptors (Lipinski definition) is 2. The Balaban J connectivity index is 2.45. The molecule has 0 bridgehead atoms.